The molecule has 0 radical (unpaired) electrons. The van der Waals surface area contributed by atoms with Crippen LogP contribution in [0.1, 0.15) is 284 Å². The van der Waals surface area contributed by atoms with E-state index in [1.807, 2.05) is 0 Å². The van der Waals surface area contributed by atoms with Crippen LogP contribution in [-0.4, -0.2) is 110 Å². The molecule has 0 spiro atoms. The fourth-order valence-corrected chi connectivity index (χ4v) is 9.73. The first-order valence-electron chi connectivity index (χ1n) is 29.6. The summed E-state index contributed by atoms with van der Waals surface area (Å²) < 4.78 is 11.2. The maximum Gasteiger partial charge on any atom is 0.249 e. The van der Waals surface area contributed by atoms with Gasteiger partial charge in [0.25, 0.3) is 0 Å². The fraction of sp³-hybridized carbons (Fsp3) is 0.948. The van der Waals surface area contributed by atoms with Crippen molar-refractivity contribution in [3.8, 4) is 0 Å². The molecule has 1 rings (SSSR count). The van der Waals surface area contributed by atoms with E-state index in [2.05, 4.69) is 31.3 Å². The molecule has 9 unspecified atom stereocenters. The van der Waals surface area contributed by atoms with E-state index >= 15 is 0 Å². The van der Waals surface area contributed by atoms with Crippen molar-refractivity contribution in [2.75, 3.05) is 13.2 Å². The van der Waals surface area contributed by atoms with Gasteiger partial charge in [-0.3, -0.25) is 4.79 Å². The number of nitrogens with one attached hydrogen (secondary N) is 1. The lowest BCUT2D eigenvalue weighted by molar-refractivity contribution is -0.303. The summed E-state index contributed by atoms with van der Waals surface area (Å²) in [6, 6.07) is -1.17. The SMILES string of the molecule is CCCCCCCCCCCC/C=C\CCCCCCCCC(O)C(=O)NC(COC1OC(CO)C(O)C(O)C1O)C(O)C(O)CCCCCCCCCCCCCCCCCCCCCCCC. The van der Waals surface area contributed by atoms with E-state index in [9.17, 15) is 40.5 Å². The number of hydrogen-bond acceptors (Lipinski definition) is 10. The van der Waals surface area contributed by atoms with Gasteiger partial charge in [0, 0.05) is 0 Å². The number of aliphatic hydroxyl groups is 7. The molecule has 0 aromatic rings. The number of rotatable bonds is 51. The average Bonchev–Trinajstić information content (AvgIpc) is 3.35. The van der Waals surface area contributed by atoms with Gasteiger partial charge in [0.05, 0.1) is 25.4 Å². The summed E-state index contributed by atoms with van der Waals surface area (Å²) in [7, 11) is 0. The largest absolute Gasteiger partial charge is 0.394 e. The molecule has 1 saturated heterocycles. The molecular weight excluding hydrogens is 871 g/mol. The van der Waals surface area contributed by atoms with Gasteiger partial charge in [-0.2, -0.15) is 0 Å². The minimum absolute atomic E-state index is 0.256. The zero-order valence-electron chi connectivity index (χ0n) is 44.8. The maximum atomic E-state index is 13.2. The fourth-order valence-electron chi connectivity index (χ4n) is 9.73. The van der Waals surface area contributed by atoms with Crippen molar-refractivity contribution in [1.29, 1.82) is 0 Å². The molecule has 69 heavy (non-hydrogen) atoms. The summed E-state index contributed by atoms with van der Waals surface area (Å²) >= 11 is 0. The molecule has 0 aromatic heterocycles. The second kappa shape index (κ2) is 47.8. The van der Waals surface area contributed by atoms with E-state index in [1.165, 1.54) is 193 Å². The Morgan fingerprint density at radius 3 is 1.22 bits per heavy atom. The van der Waals surface area contributed by atoms with Crippen LogP contribution in [0.5, 0.6) is 0 Å². The minimum Gasteiger partial charge on any atom is -0.394 e. The number of amides is 1. The van der Waals surface area contributed by atoms with E-state index in [1.54, 1.807) is 0 Å². The van der Waals surface area contributed by atoms with E-state index < -0.39 is 74.2 Å². The lowest BCUT2D eigenvalue weighted by Crippen LogP contribution is -2.60. The van der Waals surface area contributed by atoms with Crippen LogP contribution in [0.15, 0.2) is 12.2 Å². The van der Waals surface area contributed by atoms with Gasteiger partial charge in [-0.05, 0) is 38.5 Å². The zero-order chi connectivity index (χ0) is 50.4. The van der Waals surface area contributed by atoms with Crippen LogP contribution in [0, 0.1) is 0 Å². The van der Waals surface area contributed by atoms with Crippen molar-refractivity contribution >= 4 is 5.91 Å². The van der Waals surface area contributed by atoms with Gasteiger partial charge in [0.1, 0.15) is 36.6 Å². The minimum atomic E-state index is -1.66. The van der Waals surface area contributed by atoms with Crippen molar-refractivity contribution in [2.24, 2.45) is 0 Å². The van der Waals surface area contributed by atoms with Crippen LogP contribution >= 0.6 is 0 Å². The van der Waals surface area contributed by atoms with E-state index in [0.29, 0.717) is 19.3 Å². The second-order valence-corrected chi connectivity index (χ2v) is 21.1. The Kier molecular flexibility index (Phi) is 45.7. The highest BCUT2D eigenvalue weighted by Gasteiger charge is 2.44. The predicted octanol–water partition coefficient (Wildman–Crippen LogP) is 12.4. The van der Waals surface area contributed by atoms with Crippen molar-refractivity contribution in [3.63, 3.8) is 0 Å². The molecule has 410 valence electrons. The third-order valence-corrected chi connectivity index (χ3v) is 14.6. The van der Waals surface area contributed by atoms with Crippen molar-refractivity contribution in [2.45, 2.75) is 339 Å². The lowest BCUT2D eigenvalue weighted by Gasteiger charge is -2.40. The molecule has 11 heteroatoms. The quantitative estimate of drug-likeness (QED) is 0.0215. The van der Waals surface area contributed by atoms with Crippen molar-refractivity contribution < 1.29 is 50.0 Å². The van der Waals surface area contributed by atoms with Gasteiger partial charge in [0.2, 0.25) is 5.91 Å². The molecule has 1 amide bonds. The molecule has 0 bridgehead atoms. The van der Waals surface area contributed by atoms with Crippen molar-refractivity contribution in [3.05, 3.63) is 12.2 Å². The molecule has 1 fully saturated rings. The van der Waals surface area contributed by atoms with Gasteiger partial charge in [-0.15, -0.1) is 0 Å². The Morgan fingerprint density at radius 2 is 0.841 bits per heavy atom. The molecule has 0 aromatic carbocycles. The number of ether oxygens (including phenoxy) is 2. The van der Waals surface area contributed by atoms with E-state index in [4.69, 9.17) is 9.47 Å². The molecule has 1 heterocycles. The Balaban J connectivity index is 2.31. The van der Waals surface area contributed by atoms with Crippen LogP contribution in [0.3, 0.4) is 0 Å². The standard InChI is InChI=1S/C58H113NO10/c1-3-5-7-9-11-13-15-17-19-21-23-25-26-28-29-31-33-35-37-39-41-43-45-50(61)53(63)49(48-68-58-56(66)55(65)54(64)52(47-60)69-58)59-57(67)51(62)46-44-42-40-38-36-34-32-30-27-24-22-20-18-16-14-12-10-8-6-4-2/h27,30,49-56,58,60-66H,3-26,28-29,31-48H2,1-2H3,(H,59,67)/b30-27-. The van der Waals surface area contributed by atoms with Crippen LogP contribution in [0.4, 0.5) is 0 Å². The summed E-state index contributed by atoms with van der Waals surface area (Å²) in [6.07, 6.45) is 44.0. The molecule has 0 aliphatic carbocycles. The molecule has 1 aliphatic heterocycles. The molecule has 9 atom stereocenters. The van der Waals surface area contributed by atoms with Crippen LogP contribution in [0.25, 0.3) is 0 Å². The van der Waals surface area contributed by atoms with Gasteiger partial charge >= 0.3 is 0 Å². The molecule has 1 aliphatic rings. The monoisotopic (exact) mass is 984 g/mol. The predicted molar refractivity (Wildman–Crippen MR) is 284 cm³/mol. The van der Waals surface area contributed by atoms with E-state index in [-0.39, 0.29) is 6.42 Å². The molecule has 0 saturated carbocycles. The number of unbranched alkanes of at least 4 members (excludes halogenated alkanes) is 37. The Morgan fingerprint density at radius 1 is 0.493 bits per heavy atom. The van der Waals surface area contributed by atoms with Crippen LogP contribution in [0.2, 0.25) is 0 Å². The summed E-state index contributed by atoms with van der Waals surface area (Å²) in [5.74, 6) is -0.697. The third-order valence-electron chi connectivity index (χ3n) is 14.6. The number of hydrogen-bond donors (Lipinski definition) is 8. The average molecular weight is 985 g/mol. The van der Waals surface area contributed by atoms with Gasteiger partial charge in [0.15, 0.2) is 6.29 Å². The second-order valence-electron chi connectivity index (χ2n) is 21.1. The first kappa shape index (κ1) is 65.9. The van der Waals surface area contributed by atoms with Gasteiger partial charge < -0.3 is 50.5 Å². The first-order valence-corrected chi connectivity index (χ1v) is 29.6. The van der Waals surface area contributed by atoms with Crippen LogP contribution < -0.4 is 5.32 Å². The summed E-state index contributed by atoms with van der Waals surface area (Å²) in [6.45, 7) is 3.49. The normalized spacial score (nSPS) is 20.4. The highest BCUT2D eigenvalue weighted by Crippen LogP contribution is 2.24. The molecule has 11 nitrogen and oxygen atoms in total. The zero-order valence-corrected chi connectivity index (χ0v) is 44.8. The Labute approximate surface area is 423 Å². The van der Waals surface area contributed by atoms with E-state index in [0.717, 1.165) is 51.4 Å². The highest BCUT2D eigenvalue weighted by atomic mass is 16.7. The first-order chi connectivity index (χ1) is 33.7. The Hall–Kier alpha value is -1.15. The summed E-state index contributed by atoms with van der Waals surface area (Å²) in [4.78, 5) is 13.2. The maximum absolute atomic E-state index is 13.2. The number of aliphatic hydroxyl groups excluding tert-OH is 7. The van der Waals surface area contributed by atoms with Crippen LogP contribution in [-0.2, 0) is 14.3 Å². The lowest BCUT2D eigenvalue weighted by atomic mass is 9.98. The Bertz CT molecular complexity index is 1130. The molecule has 8 N–H and O–H groups in total. The summed E-state index contributed by atoms with van der Waals surface area (Å²) in [5, 5.41) is 76.2. The van der Waals surface area contributed by atoms with Gasteiger partial charge in [-0.25, -0.2) is 0 Å². The third kappa shape index (κ3) is 36.4. The smallest absolute Gasteiger partial charge is 0.249 e. The van der Waals surface area contributed by atoms with Gasteiger partial charge in [-0.1, -0.05) is 257 Å². The number of allylic oxidation sites excluding steroid dienone is 2. The highest BCUT2D eigenvalue weighted by molar-refractivity contribution is 5.80. The van der Waals surface area contributed by atoms with Crippen molar-refractivity contribution in [1.82, 2.24) is 5.32 Å². The number of carbonyl (C=O) groups is 1. The number of carbonyl (C=O) groups excluding carboxylic acids is 1. The topological polar surface area (TPSA) is 189 Å². The summed E-state index contributed by atoms with van der Waals surface area (Å²) in [5.41, 5.74) is 0. The molecular formula is C58H113NO10.